The Labute approximate surface area is 85.8 Å². The summed E-state index contributed by atoms with van der Waals surface area (Å²) in [6.45, 7) is 3.42. The van der Waals surface area contributed by atoms with Crippen LogP contribution >= 0.6 is 0 Å². The molecule has 0 radical (unpaired) electrons. The molecule has 0 saturated heterocycles. The molecule has 0 N–H and O–H groups in total. The maximum absolute atomic E-state index is 11.7. The first-order valence-electron chi connectivity index (χ1n) is 5.13. The van der Waals surface area contributed by atoms with E-state index in [0.717, 1.165) is 25.7 Å². The molecule has 2 unspecified atom stereocenters. The smallest absolute Gasteiger partial charge is 0.160 e. The van der Waals surface area contributed by atoms with Gasteiger partial charge in [-0.2, -0.15) is 0 Å². The van der Waals surface area contributed by atoms with Gasteiger partial charge in [-0.25, -0.2) is 8.42 Å². The second kappa shape index (κ2) is 4.43. The summed E-state index contributed by atoms with van der Waals surface area (Å²) >= 11 is 0. The molecular weight excluding hydrogens is 200 g/mol. The van der Waals surface area contributed by atoms with Gasteiger partial charge in [-0.3, -0.25) is 4.79 Å². The molecular formula is C10H18O3S. The van der Waals surface area contributed by atoms with E-state index < -0.39 is 9.84 Å². The van der Waals surface area contributed by atoms with Gasteiger partial charge >= 0.3 is 0 Å². The maximum Gasteiger partial charge on any atom is 0.160 e. The lowest BCUT2D eigenvalue weighted by Crippen LogP contribution is -2.31. The monoisotopic (exact) mass is 218 g/mol. The summed E-state index contributed by atoms with van der Waals surface area (Å²) in [5, 5.41) is -0.268. The summed E-state index contributed by atoms with van der Waals surface area (Å²) < 4.78 is 23.4. The number of hydrogen-bond donors (Lipinski definition) is 0. The van der Waals surface area contributed by atoms with Gasteiger partial charge in [0.2, 0.25) is 0 Å². The molecule has 0 aromatic rings. The quantitative estimate of drug-likeness (QED) is 0.722. The van der Waals surface area contributed by atoms with Crippen LogP contribution in [0.3, 0.4) is 0 Å². The SMILES string of the molecule is CC(=O)CS(=O)(=O)C1CCCC(C)C1. The van der Waals surface area contributed by atoms with Crippen LogP contribution in [0.1, 0.15) is 39.5 Å². The van der Waals surface area contributed by atoms with Crippen LogP contribution < -0.4 is 0 Å². The highest BCUT2D eigenvalue weighted by Gasteiger charge is 2.30. The predicted octanol–water partition coefficient (Wildman–Crippen LogP) is 1.57. The molecule has 4 heteroatoms. The Hall–Kier alpha value is -0.380. The summed E-state index contributed by atoms with van der Waals surface area (Å²) in [6, 6.07) is 0. The molecule has 0 spiro atoms. The molecule has 1 rings (SSSR count). The molecule has 1 aliphatic rings. The van der Waals surface area contributed by atoms with Crippen LogP contribution in [-0.4, -0.2) is 25.2 Å². The molecule has 0 bridgehead atoms. The Morgan fingerprint density at radius 3 is 2.50 bits per heavy atom. The van der Waals surface area contributed by atoms with Gasteiger partial charge in [0.25, 0.3) is 0 Å². The zero-order valence-electron chi connectivity index (χ0n) is 8.82. The summed E-state index contributed by atoms with van der Waals surface area (Å²) in [5.41, 5.74) is 0. The molecule has 82 valence electrons. The van der Waals surface area contributed by atoms with Crippen molar-refractivity contribution >= 4 is 15.6 Å². The van der Waals surface area contributed by atoms with Crippen LogP contribution in [0.4, 0.5) is 0 Å². The Kier molecular flexibility index (Phi) is 3.70. The van der Waals surface area contributed by atoms with Crippen molar-refractivity contribution in [3.8, 4) is 0 Å². The summed E-state index contributed by atoms with van der Waals surface area (Å²) in [7, 11) is -3.17. The Morgan fingerprint density at radius 1 is 1.36 bits per heavy atom. The second-order valence-electron chi connectivity index (χ2n) is 4.40. The molecule has 0 heterocycles. The minimum Gasteiger partial charge on any atom is -0.299 e. The van der Waals surface area contributed by atoms with Gasteiger partial charge in [0.1, 0.15) is 11.5 Å². The van der Waals surface area contributed by atoms with E-state index in [1.165, 1.54) is 6.92 Å². The lowest BCUT2D eigenvalue weighted by atomic mass is 9.91. The fourth-order valence-electron chi connectivity index (χ4n) is 2.11. The second-order valence-corrected chi connectivity index (χ2v) is 6.68. The molecule has 0 aliphatic heterocycles. The van der Waals surface area contributed by atoms with Crippen molar-refractivity contribution in [2.45, 2.75) is 44.8 Å². The Morgan fingerprint density at radius 2 is 2.00 bits per heavy atom. The van der Waals surface area contributed by atoms with Gasteiger partial charge in [0.15, 0.2) is 9.84 Å². The van der Waals surface area contributed by atoms with Crippen molar-refractivity contribution in [3.63, 3.8) is 0 Å². The number of sulfone groups is 1. The average Bonchev–Trinajstić information content (AvgIpc) is 2.01. The van der Waals surface area contributed by atoms with Crippen molar-refractivity contribution in [3.05, 3.63) is 0 Å². The fraction of sp³-hybridized carbons (Fsp3) is 0.900. The van der Waals surface area contributed by atoms with Gasteiger partial charge in [-0.05, 0) is 25.7 Å². The van der Waals surface area contributed by atoms with Crippen molar-refractivity contribution in [1.82, 2.24) is 0 Å². The third-order valence-electron chi connectivity index (χ3n) is 2.80. The molecule has 3 nitrogen and oxygen atoms in total. The predicted molar refractivity (Wildman–Crippen MR) is 55.9 cm³/mol. The first-order valence-corrected chi connectivity index (χ1v) is 6.84. The normalized spacial score (nSPS) is 28.7. The summed E-state index contributed by atoms with van der Waals surface area (Å²) in [4.78, 5) is 10.8. The highest BCUT2D eigenvalue weighted by molar-refractivity contribution is 7.92. The van der Waals surface area contributed by atoms with Crippen LogP contribution in [0.2, 0.25) is 0 Å². The number of Topliss-reactive ketones (excluding diaryl/α,β-unsaturated/α-hetero) is 1. The van der Waals surface area contributed by atoms with Crippen LogP contribution in [0, 0.1) is 5.92 Å². The van der Waals surface area contributed by atoms with Crippen LogP contribution in [0.15, 0.2) is 0 Å². The highest BCUT2D eigenvalue weighted by atomic mass is 32.2. The number of hydrogen-bond acceptors (Lipinski definition) is 3. The summed E-state index contributed by atoms with van der Waals surface area (Å²) in [5.74, 6) is -0.0385. The topological polar surface area (TPSA) is 51.2 Å². The van der Waals surface area contributed by atoms with E-state index in [9.17, 15) is 13.2 Å². The minimum absolute atomic E-state index is 0.247. The van der Waals surface area contributed by atoms with Gasteiger partial charge in [-0.15, -0.1) is 0 Å². The molecule has 0 aromatic carbocycles. The van der Waals surface area contributed by atoms with Crippen molar-refractivity contribution in [1.29, 1.82) is 0 Å². The van der Waals surface area contributed by atoms with Gasteiger partial charge in [0.05, 0.1) is 5.25 Å². The van der Waals surface area contributed by atoms with Crippen LogP contribution in [-0.2, 0) is 14.6 Å². The third-order valence-corrected chi connectivity index (χ3v) is 5.05. The molecule has 0 amide bonds. The zero-order valence-corrected chi connectivity index (χ0v) is 9.64. The van der Waals surface area contributed by atoms with E-state index in [2.05, 4.69) is 6.92 Å². The molecule has 2 atom stereocenters. The first-order chi connectivity index (χ1) is 6.42. The molecule has 1 fully saturated rings. The van der Waals surface area contributed by atoms with Gasteiger partial charge in [0, 0.05) is 0 Å². The molecule has 1 aliphatic carbocycles. The lowest BCUT2D eigenvalue weighted by molar-refractivity contribution is -0.114. The van der Waals surface area contributed by atoms with E-state index in [1.807, 2.05) is 0 Å². The van der Waals surface area contributed by atoms with Crippen molar-refractivity contribution < 1.29 is 13.2 Å². The van der Waals surface area contributed by atoms with E-state index in [1.54, 1.807) is 0 Å². The average molecular weight is 218 g/mol. The molecule has 1 saturated carbocycles. The highest BCUT2D eigenvalue weighted by Crippen LogP contribution is 2.28. The van der Waals surface area contributed by atoms with E-state index in [4.69, 9.17) is 0 Å². The molecule has 0 aromatic heterocycles. The number of ketones is 1. The Bertz CT molecular complexity index is 305. The van der Waals surface area contributed by atoms with Gasteiger partial charge in [-0.1, -0.05) is 19.8 Å². The maximum atomic E-state index is 11.7. The number of carbonyl (C=O) groups excluding carboxylic acids is 1. The largest absolute Gasteiger partial charge is 0.299 e. The fourth-order valence-corrected chi connectivity index (χ4v) is 4.06. The minimum atomic E-state index is -3.17. The van der Waals surface area contributed by atoms with E-state index >= 15 is 0 Å². The Balaban J connectivity index is 2.67. The standard InChI is InChI=1S/C10H18O3S/c1-8-4-3-5-10(6-8)14(12,13)7-9(2)11/h8,10H,3-7H2,1-2H3. The van der Waals surface area contributed by atoms with Crippen molar-refractivity contribution in [2.24, 2.45) is 5.92 Å². The summed E-state index contributed by atoms with van der Waals surface area (Å²) in [6.07, 6.45) is 3.56. The van der Waals surface area contributed by atoms with Crippen LogP contribution in [0.5, 0.6) is 0 Å². The van der Waals surface area contributed by atoms with Gasteiger partial charge < -0.3 is 0 Å². The lowest BCUT2D eigenvalue weighted by Gasteiger charge is -2.26. The van der Waals surface area contributed by atoms with E-state index in [-0.39, 0.29) is 16.8 Å². The van der Waals surface area contributed by atoms with Crippen LogP contribution in [0.25, 0.3) is 0 Å². The van der Waals surface area contributed by atoms with Crippen molar-refractivity contribution in [2.75, 3.05) is 5.75 Å². The number of rotatable bonds is 3. The third kappa shape index (κ3) is 3.08. The van der Waals surface area contributed by atoms with E-state index in [0.29, 0.717) is 5.92 Å². The molecule has 14 heavy (non-hydrogen) atoms. The number of carbonyl (C=O) groups is 1. The zero-order chi connectivity index (χ0) is 10.8. The first kappa shape index (κ1) is 11.7.